The monoisotopic (exact) mass is 216 g/mol. The molecule has 78 valence electrons. The van der Waals surface area contributed by atoms with Crippen LogP contribution < -0.4 is 0 Å². The lowest BCUT2D eigenvalue weighted by molar-refractivity contribution is -0.115. The number of aliphatic hydroxyl groups is 2. The summed E-state index contributed by atoms with van der Waals surface area (Å²) in [5.74, 6) is 0.159. The largest absolute Gasteiger partial charge is 0.396 e. The van der Waals surface area contributed by atoms with Gasteiger partial charge < -0.3 is 15.1 Å². The van der Waals surface area contributed by atoms with Crippen molar-refractivity contribution in [2.75, 3.05) is 25.4 Å². The van der Waals surface area contributed by atoms with Crippen molar-refractivity contribution >= 4 is 22.8 Å². The van der Waals surface area contributed by atoms with Crippen molar-refractivity contribution < 1.29 is 15.0 Å². The van der Waals surface area contributed by atoms with Crippen LogP contribution in [0.4, 0.5) is 0 Å². The number of β-amino-alcohol motifs (C(OH)–C–C–N with tert-alkyl or cyclic N) is 1. The van der Waals surface area contributed by atoms with E-state index in [1.54, 1.807) is 0 Å². The van der Waals surface area contributed by atoms with E-state index < -0.39 is 6.10 Å². The summed E-state index contributed by atoms with van der Waals surface area (Å²) in [4.78, 5) is 16.6. The second-order valence-electron chi connectivity index (χ2n) is 3.49. The van der Waals surface area contributed by atoms with Gasteiger partial charge in [-0.25, -0.2) is 0 Å². The molecule has 0 aromatic heterocycles. The first-order chi connectivity index (χ1) is 6.70. The fraction of sp³-hybridized carbons (Fsp3) is 0.750. The summed E-state index contributed by atoms with van der Waals surface area (Å²) < 4.78 is 0. The number of aliphatic hydroxyl groups excluding tert-OH is 2. The highest BCUT2D eigenvalue weighted by Crippen LogP contribution is 2.23. The van der Waals surface area contributed by atoms with E-state index in [1.807, 2.05) is 4.90 Å². The third-order valence-electron chi connectivity index (χ3n) is 2.46. The maximum absolute atomic E-state index is 10.9. The Morgan fingerprint density at radius 3 is 2.86 bits per heavy atom. The van der Waals surface area contributed by atoms with Crippen LogP contribution in [-0.2, 0) is 4.79 Å². The fourth-order valence-corrected chi connectivity index (χ4v) is 2.46. The summed E-state index contributed by atoms with van der Waals surface area (Å²) in [6.45, 7) is 1.02. The van der Waals surface area contributed by atoms with Crippen molar-refractivity contribution in [2.45, 2.75) is 6.10 Å². The lowest BCUT2D eigenvalue weighted by Gasteiger charge is -2.15. The number of carbonyl (C=O) groups excluding carboxylic acids is 1. The molecule has 0 aromatic rings. The van der Waals surface area contributed by atoms with Crippen LogP contribution in [0.2, 0.25) is 0 Å². The van der Waals surface area contributed by atoms with E-state index in [0.29, 0.717) is 24.0 Å². The van der Waals surface area contributed by atoms with Crippen molar-refractivity contribution in [3.8, 4) is 0 Å². The van der Waals surface area contributed by atoms with E-state index in [0.717, 1.165) is 0 Å². The summed E-state index contributed by atoms with van der Waals surface area (Å²) in [6, 6.07) is 0. The molecule has 6 heteroatoms. The molecule has 5 nitrogen and oxygen atoms in total. The van der Waals surface area contributed by atoms with Crippen molar-refractivity contribution in [3.63, 3.8) is 0 Å². The molecule has 2 N–H and O–H groups in total. The highest BCUT2D eigenvalue weighted by Gasteiger charge is 2.34. The van der Waals surface area contributed by atoms with Crippen LogP contribution >= 0.6 is 11.8 Å². The molecule has 2 aliphatic rings. The number of hydrogen-bond acceptors (Lipinski definition) is 5. The third kappa shape index (κ3) is 1.77. The van der Waals surface area contributed by atoms with Gasteiger partial charge in [-0.3, -0.25) is 4.79 Å². The first kappa shape index (κ1) is 9.95. The molecule has 0 aliphatic carbocycles. The topological polar surface area (TPSA) is 73.1 Å². The zero-order valence-corrected chi connectivity index (χ0v) is 8.40. The van der Waals surface area contributed by atoms with E-state index in [9.17, 15) is 9.90 Å². The molecule has 0 saturated carbocycles. The van der Waals surface area contributed by atoms with Gasteiger partial charge in [-0.15, -0.1) is 0 Å². The standard InChI is InChI=1S/C8H12N2O3S/c11-3-5-1-10(2-6(5)12)8-9-7(13)4-14-8/h5-6,11-12H,1-4H2. The number of aliphatic imine (C=N–C) groups is 1. The van der Waals surface area contributed by atoms with Crippen molar-refractivity contribution in [1.82, 2.24) is 4.90 Å². The maximum atomic E-state index is 10.9. The number of amides is 1. The molecule has 2 heterocycles. The molecule has 14 heavy (non-hydrogen) atoms. The molecule has 2 atom stereocenters. The summed E-state index contributed by atoms with van der Waals surface area (Å²) in [7, 11) is 0. The van der Waals surface area contributed by atoms with E-state index >= 15 is 0 Å². The molecule has 2 unspecified atom stereocenters. The quantitative estimate of drug-likeness (QED) is 0.582. The number of hydrogen-bond donors (Lipinski definition) is 2. The Hall–Kier alpha value is -0.590. The SMILES string of the molecule is O=C1CSC(N2CC(O)C(CO)C2)=N1. The third-order valence-corrected chi connectivity index (χ3v) is 3.46. The Bertz CT molecular complexity index is 282. The maximum Gasteiger partial charge on any atom is 0.258 e. The minimum Gasteiger partial charge on any atom is -0.396 e. The van der Waals surface area contributed by atoms with Crippen LogP contribution in [0.15, 0.2) is 4.99 Å². The van der Waals surface area contributed by atoms with Gasteiger partial charge in [0.25, 0.3) is 5.91 Å². The number of amidine groups is 1. The number of rotatable bonds is 1. The van der Waals surface area contributed by atoms with Gasteiger partial charge >= 0.3 is 0 Å². The Morgan fingerprint density at radius 2 is 2.36 bits per heavy atom. The number of carbonyl (C=O) groups is 1. The summed E-state index contributed by atoms with van der Waals surface area (Å²) in [5, 5.41) is 19.2. The van der Waals surface area contributed by atoms with Gasteiger partial charge in [0.2, 0.25) is 0 Å². The van der Waals surface area contributed by atoms with Crippen LogP contribution in [0, 0.1) is 5.92 Å². The van der Waals surface area contributed by atoms with Gasteiger partial charge in [0, 0.05) is 19.0 Å². The normalized spacial score (nSPS) is 32.6. The zero-order valence-electron chi connectivity index (χ0n) is 7.59. The van der Waals surface area contributed by atoms with E-state index in [4.69, 9.17) is 5.11 Å². The predicted molar refractivity (Wildman–Crippen MR) is 53.1 cm³/mol. The highest BCUT2D eigenvalue weighted by atomic mass is 32.2. The van der Waals surface area contributed by atoms with E-state index in [2.05, 4.69) is 4.99 Å². The van der Waals surface area contributed by atoms with Crippen LogP contribution in [0.5, 0.6) is 0 Å². The molecular weight excluding hydrogens is 204 g/mol. The molecular formula is C8H12N2O3S. The first-order valence-corrected chi connectivity index (χ1v) is 5.47. The number of nitrogens with zero attached hydrogens (tertiary/aromatic N) is 2. The highest BCUT2D eigenvalue weighted by molar-refractivity contribution is 8.14. The van der Waals surface area contributed by atoms with Crippen LogP contribution in [0.1, 0.15) is 0 Å². The number of likely N-dealkylation sites (tertiary alicyclic amines) is 1. The average molecular weight is 216 g/mol. The zero-order chi connectivity index (χ0) is 10.1. The van der Waals surface area contributed by atoms with Crippen LogP contribution in [-0.4, -0.2) is 57.7 Å². The first-order valence-electron chi connectivity index (χ1n) is 4.49. The minimum absolute atomic E-state index is 0.0242. The Labute approximate surface area is 85.8 Å². The predicted octanol–water partition coefficient (Wildman–Crippen LogP) is -1.10. The van der Waals surface area contributed by atoms with Gasteiger partial charge in [-0.05, 0) is 0 Å². The molecule has 2 rings (SSSR count). The lowest BCUT2D eigenvalue weighted by atomic mass is 10.1. The van der Waals surface area contributed by atoms with Gasteiger partial charge in [-0.2, -0.15) is 4.99 Å². The van der Waals surface area contributed by atoms with Crippen molar-refractivity contribution in [3.05, 3.63) is 0 Å². The van der Waals surface area contributed by atoms with Gasteiger partial charge in [0.05, 0.1) is 18.5 Å². The minimum atomic E-state index is -0.515. The molecule has 1 amide bonds. The van der Waals surface area contributed by atoms with Crippen LogP contribution in [0.3, 0.4) is 0 Å². The molecule has 1 fully saturated rings. The Balaban J connectivity index is 2.01. The lowest BCUT2D eigenvalue weighted by Crippen LogP contribution is -2.26. The average Bonchev–Trinajstić information content (AvgIpc) is 2.71. The molecule has 0 bridgehead atoms. The van der Waals surface area contributed by atoms with Crippen LogP contribution in [0.25, 0.3) is 0 Å². The molecule has 2 aliphatic heterocycles. The Morgan fingerprint density at radius 1 is 1.57 bits per heavy atom. The molecule has 0 radical (unpaired) electrons. The van der Waals surface area contributed by atoms with Crippen molar-refractivity contribution in [2.24, 2.45) is 10.9 Å². The van der Waals surface area contributed by atoms with E-state index in [1.165, 1.54) is 11.8 Å². The van der Waals surface area contributed by atoms with Gasteiger partial charge in [0.15, 0.2) is 5.17 Å². The summed E-state index contributed by atoms with van der Waals surface area (Å²) in [5.41, 5.74) is 0. The molecule has 1 saturated heterocycles. The second kappa shape index (κ2) is 3.88. The summed E-state index contributed by atoms with van der Waals surface area (Å²) >= 11 is 1.40. The van der Waals surface area contributed by atoms with Crippen molar-refractivity contribution in [1.29, 1.82) is 0 Å². The molecule has 0 aromatic carbocycles. The summed E-state index contributed by atoms with van der Waals surface area (Å²) in [6.07, 6.45) is -0.515. The fourth-order valence-electron chi connectivity index (χ4n) is 1.65. The van der Waals surface area contributed by atoms with Gasteiger partial charge in [0.1, 0.15) is 0 Å². The Kier molecular flexibility index (Phi) is 2.76. The second-order valence-corrected chi connectivity index (χ2v) is 4.43. The molecule has 0 spiro atoms. The number of thioether (sulfide) groups is 1. The van der Waals surface area contributed by atoms with E-state index in [-0.39, 0.29) is 18.4 Å². The smallest absolute Gasteiger partial charge is 0.258 e. The van der Waals surface area contributed by atoms with Gasteiger partial charge in [-0.1, -0.05) is 11.8 Å².